The summed E-state index contributed by atoms with van der Waals surface area (Å²) in [6.45, 7) is 1.92. The number of fused-ring (bicyclic) bond motifs is 1. The fraction of sp³-hybridized carbons (Fsp3) is 0.318. The largest absolute Gasteiger partial charge is 0.493 e. The monoisotopic (exact) mass is 381 g/mol. The van der Waals surface area contributed by atoms with Crippen LogP contribution in [0.3, 0.4) is 0 Å². The predicted octanol–water partition coefficient (Wildman–Crippen LogP) is 4.38. The predicted molar refractivity (Wildman–Crippen MR) is 106 cm³/mol. The topological polar surface area (TPSA) is 69.9 Å². The fourth-order valence-electron chi connectivity index (χ4n) is 3.33. The standard InChI is InChI=1S/C22H23NO5/c1-6-22(13-23)16-12-21(27-5)20(26-4)11-15(16)10-18(28-22)14-7-8-17(24-2)19(9-14)25-3/h7-12H,6H2,1-5H3. The summed E-state index contributed by atoms with van der Waals surface area (Å²) in [6.07, 6.45) is 2.36. The lowest BCUT2D eigenvalue weighted by Crippen LogP contribution is -2.30. The molecule has 1 unspecified atom stereocenters. The molecule has 1 aliphatic heterocycles. The number of hydrogen-bond donors (Lipinski definition) is 0. The molecule has 0 fully saturated rings. The zero-order valence-corrected chi connectivity index (χ0v) is 16.7. The van der Waals surface area contributed by atoms with Crippen molar-refractivity contribution in [3.63, 3.8) is 0 Å². The molecule has 0 aliphatic carbocycles. The van der Waals surface area contributed by atoms with E-state index in [1.165, 1.54) is 0 Å². The van der Waals surface area contributed by atoms with Crippen LogP contribution in [0.1, 0.15) is 30.0 Å². The van der Waals surface area contributed by atoms with E-state index >= 15 is 0 Å². The van der Waals surface area contributed by atoms with Crippen molar-refractivity contribution in [3.05, 3.63) is 47.0 Å². The number of methoxy groups -OCH3 is 4. The van der Waals surface area contributed by atoms with E-state index in [1.807, 2.05) is 43.3 Å². The number of benzene rings is 2. The maximum absolute atomic E-state index is 10.0. The Bertz CT molecular complexity index is 960. The Morgan fingerprint density at radius 2 is 1.50 bits per heavy atom. The van der Waals surface area contributed by atoms with Crippen LogP contribution < -0.4 is 18.9 Å². The second-order valence-electron chi connectivity index (χ2n) is 6.27. The summed E-state index contributed by atoms with van der Waals surface area (Å²) < 4.78 is 27.8. The molecule has 0 radical (unpaired) electrons. The Hall–Kier alpha value is -3.33. The molecule has 3 rings (SSSR count). The van der Waals surface area contributed by atoms with Crippen LogP contribution in [0.15, 0.2) is 30.3 Å². The second-order valence-corrected chi connectivity index (χ2v) is 6.27. The van der Waals surface area contributed by atoms with Crippen LogP contribution in [-0.2, 0) is 10.3 Å². The lowest BCUT2D eigenvalue weighted by Gasteiger charge is -2.34. The molecule has 2 aromatic carbocycles. The zero-order chi connectivity index (χ0) is 20.3. The third-order valence-corrected chi connectivity index (χ3v) is 4.91. The molecule has 0 saturated heterocycles. The Morgan fingerprint density at radius 3 is 2.07 bits per heavy atom. The summed E-state index contributed by atoms with van der Waals surface area (Å²) in [4.78, 5) is 0. The van der Waals surface area contributed by atoms with Crippen LogP contribution in [0.5, 0.6) is 23.0 Å². The first kappa shape index (κ1) is 19.4. The molecule has 0 N–H and O–H groups in total. The number of rotatable bonds is 6. The normalized spacial score (nSPS) is 17.5. The van der Waals surface area contributed by atoms with Gasteiger partial charge in [-0.3, -0.25) is 0 Å². The number of ether oxygens (including phenoxy) is 5. The molecule has 0 spiro atoms. The van der Waals surface area contributed by atoms with Crippen molar-refractivity contribution >= 4 is 11.8 Å². The molecule has 2 aromatic rings. The van der Waals surface area contributed by atoms with Crippen molar-refractivity contribution in [2.45, 2.75) is 18.9 Å². The molecular weight excluding hydrogens is 358 g/mol. The molecule has 0 aromatic heterocycles. The summed E-state index contributed by atoms with van der Waals surface area (Å²) in [6, 6.07) is 11.5. The maximum atomic E-state index is 10.0. The van der Waals surface area contributed by atoms with E-state index < -0.39 is 5.60 Å². The molecule has 6 nitrogen and oxygen atoms in total. The highest BCUT2D eigenvalue weighted by Gasteiger charge is 2.39. The minimum absolute atomic E-state index is 0.469. The van der Waals surface area contributed by atoms with Gasteiger partial charge in [-0.05, 0) is 42.0 Å². The van der Waals surface area contributed by atoms with Crippen molar-refractivity contribution in [2.24, 2.45) is 0 Å². The quantitative estimate of drug-likeness (QED) is 0.740. The first-order valence-corrected chi connectivity index (χ1v) is 8.86. The summed E-state index contributed by atoms with van der Waals surface area (Å²) in [5.41, 5.74) is 1.24. The van der Waals surface area contributed by atoms with Gasteiger partial charge in [0.25, 0.3) is 0 Å². The summed E-state index contributed by atoms with van der Waals surface area (Å²) >= 11 is 0. The minimum Gasteiger partial charge on any atom is -0.493 e. The average molecular weight is 381 g/mol. The van der Waals surface area contributed by atoms with Crippen LogP contribution in [0.2, 0.25) is 0 Å². The lowest BCUT2D eigenvalue weighted by atomic mass is 9.85. The second kappa shape index (κ2) is 7.73. The van der Waals surface area contributed by atoms with Crippen LogP contribution in [0, 0.1) is 11.3 Å². The molecule has 6 heteroatoms. The lowest BCUT2D eigenvalue weighted by molar-refractivity contribution is 0.0868. The van der Waals surface area contributed by atoms with Crippen molar-refractivity contribution in [1.29, 1.82) is 5.26 Å². The highest BCUT2D eigenvalue weighted by molar-refractivity contribution is 5.83. The van der Waals surface area contributed by atoms with E-state index in [0.717, 1.165) is 16.7 Å². The average Bonchev–Trinajstić information content (AvgIpc) is 2.76. The van der Waals surface area contributed by atoms with E-state index in [9.17, 15) is 5.26 Å². The van der Waals surface area contributed by atoms with Crippen LogP contribution in [0.4, 0.5) is 0 Å². The number of nitrogens with zero attached hydrogens (tertiary/aromatic N) is 1. The Kier molecular flexibility index (Phi) is 5.36. The highest BCUT2D eigenvalue weighted by atomic mass is 16.5. The number of hydrogen-bond acceptors (Lipinski definition) is 6. The smallest absolute Gasteiger partial charge is 0.220 e. The van der Waals surface area contributed by atoms with Gasteiger partial charge in [-0.15, -0.1) is 0 Å². The van der Waals surface area contributed by atoms with Crippen LogP contribution >= 0.6 is 0 Å². The van der Waals surface area contributed by atoms with E-state index in [-0.39, 0.29) is 0 Å². The van der Waals surface area contributed by atoms with Gasteiger partial charge < -0.3 is 23.7 Å². The molecule has 1 heterocycles. The maximum Gasteiger partial charge on any atom is 0.220 e. The van der Waals surface area contributed by atoms with Gasteiger partial charge in [-0.1, -0.05) is 6.92 Å². The van der Waals surface area contributed by atoms with Crippen molar-refractivity contribution in [1.82, 2.24) is 0 Å². The van der Waals surface area contributed by atoms with Gasteiger partial charge in [-0.25, -0.2) is 0 Å². The third-order valence-electron chi connectivity index (χ3n) is 4.91. The molecule has 0 amide bonds. The highest BCUT2D eigenvalue weighted by Crippen LogP contribution is 2.46. The van der Waals surface area contributed by atoms with E-state index in [1.54, 1.807) is 28.4 Å². The van der Waals surface area contributed by atoms with Crippen molar-refractivity contribution < 1.29 is 23.7 Å². The molecular formula is C22H23NO5. The molecule has 0 saturated carbocycles. The van der Waals surface area contributed by atoms with Gasteiger partial charge in [0.1, 0.15) is 11.8 Å². The van der Waals surface area contributed by atoms with Crippen molar-refractivity contribution in [3.8, 4) is 29.1 Å². The number of nitriles is 1. The van der Waals surface area contributed by atoms with E-state index in [2.05, 4.69) is 6.07 Å². The summed E-state index contributed by atoms with van der Waals surface area (Å²) in [5.74, 6) is 2.93. The molecule has 28 heavy (non-hydrogen) atoms. The van der Waals surface area contributed by atoms with Gasteiger partial charge in [0, 0.05) is 17.5 Å². The SMILES string of the molecule is CCC1(C#N)OC(c2ccc(OC)c(OC)c2)=Cc2cc(OC)c(OC)cc21. The third kappa shape index (κ3) is 3.09. The first-order chi connectivity index (χ1) is 13.5. The van der Waals surface area contributed by atoms with Gasteiger partial charge in [0.15, 0.2) is 23.0 Å². The Labute approximate surface area is 164 Å². The summed E-state index contributed by atoms with van der Waals surface area (Å²) in [5, 5.41) is 10.0. The van der Waals surface area contributed by atoms with Crippen LogP contribution in [0.25, 0.3) is 11.8 Å². The molecule has 1 atom stereocenters. The Morgan fingerprint density at radius 1 is 0.893 bits per heavy atom. The minimum atomic E-state index is -1.13. The van der Waals surface area contributed by atoms with E-state index in [4.69, 9.17) is 23.7 Å². The zero-order valence-electron chi connectivity index (χ0n) is 16.7. The summed E-state index contributed by atoms with van der Waals surface area (Å²) in [7, 11) is 6.32. The van der Waals surface area contributed by atoms with Gasteiger partial charge in [0.2, 0.25) is 5.60 Å². The van der Waals surface area contributed by atoms with Crippen LogP contribution in [-0.4, -0.2) is 28.4 Å². The molecule has 1 aliphatic rings. The van der Waals surface area contributed by atoms with Crippen molar-refractivity contribution in [2.75, 3.05) is 28.4 Å². The van der Waals surface area contributed by atoms with Gasteiger partial charge in [0.05, 0.1) is 28.4 Å². The first-order valence-electron chi connectivity index (χ1n) is 8.86. The molecule has 146 valence electrons. The van der Waals surface area contributed by atoms with E-state index in [0.29, 0.717) is 35.2 Å². The van der Waals surface area contributed by atoms with Gasteiger partial charge in [-0.2, -0.15) is 5.26 Å². The van der Waals surface area contributed by atoms with Gasteiger partial charge >= 0.3 is 0 Å². The Balaban J connectivity index is 2.21. The fourth-order valence-corrected chi connectivity index (χ4v) is 3.33. The molecule has 0 bridgehead atoms.